The topological polar surface area (TPSA) is 0 Å². The van der Waals surface area contributed by atoms with Gasteiger partial charge in [-0.25, -0.2) is 0 Å². The van der Waals surface area contributed by atoms with Crippen LogP contribution in [0.2, 0.25) is 0 Å². The molecule has 0 aliphatic carbocycles. The van der Waals surface area contributed by atoms with Gasteiger partial charge in [0.15, 0.2) is 0 Å². The molecule has 0 saturated carbocycles. The monoisotopic (exact) mass is 210 g/mol. The summed E-state index contributed by atoms with van der Waals surface area (Å²) >= 11 is 0. The molecule has 0 rings (SSSR count). The van der Waals surface area contributed by atoms with Gasteiger partial charge in [-0.05, 0) is 26.2 Å². The summed E-state index contributed by atoms with van der Waals surface area (Å²) in [6.45, 7) is 6.76. The van der Waals surface area contributed by atoms with Crippen molar-refractivity contribution in [2.24, 2.45) is 0 Å². The van der Waals surface area contributed by atoms with Crippen molar-refractivity contribution in [1.29, 1.82) is 0 Å². The standard InChI is InChI=1S/C15H30/c1-4-6-7-8-9-10-11-12-13-14-15(3)5-2/h14H,4-13H2,1-3H3. The van der Waals surface area contributed by atoms with Gasteiger partial charge in [-0.3, -0.25) is 0 Å². The molecule has 0 aliphatic rings. The van der Waals surface area contributed by atoms with Crippen molar-refractivity contribution >= 4 is 0 Å². The van der Waals surface area contributed by atoms with E-state index in [1.807, 2.05) is 0 Å². The van der Waals surface area contributed by atoms with Crippen LogP contribution in [0.4, 0.5) is 0 Å². The summed E-state index contributed by atoms with van der Waals surface area (Å²) in [6, 6.07) is 0. The zero-order valence-electron chi connectivity index (χ0n) is 11.1. The van der Waals surface area contributed by atoms with Gasteiger partial charge in [0.1, 0.15) is 0 Å². The first-order valence-electron chi connectivity index (χ1n) is 6.96. The van der Waals surface area contributed by atoms with Crippen LogP contribution in [-0.4, -0.2) is 0 Å². The van der Waals surface area contributed by atoms with Crippen LogP contribution in [0.1, 0.15) is 85.0 Å². The van der Waals surface area contributed by atoms with Gasteiger partial charge >= 0.3 is 0 Å². The highest BCUT2D eigenvalue weighted by Crippen LogP contribution is 2.10. The molecule has 0 radical (unpaired) electrons. The van der Waals surface area contributed by atoms with Gasteiger partial charge in [0, 0.05) is 0 Å². The number of allylic oxidation sites excluding steroid dienone is 2. The predicted octanol–water partition coefficient (Wildman–Crippen LogP) is 5.87. The molecule has 90 valence electrons. The lowest BCUT2D eigenvalue weighted by molar-refractivity contribution is 0.577. The van der Waals surface area contributed by atoms with Gasteiger partial charge in [0.25, 0.3) is 0 Å². The predicted molar refractivity (Wildman–Crippen MR) is 71.3 cm³/mol. The summed E-state index contributed by atoms with van der Waals surface area (Å²) in [5.74, 6) is 0. The van der Waals surface area contributed by atoms with Gasteiger partial charge in [0.2, 0.25) is 0 Å². The molecule has 0 aromatic rings. The first-order chi connectivity index (χ1) is 7.31. The Morgan fingerprint density at radius 1 is 0.800 bits per heavy atom. The highest BCUT2D eigenvalue weighted by atomic mass is 14.0. The average molecular weight is 210 g/mol. The van der Waals surface area contributed by atoms with E-state index in [9.17, 15) is 0 Å². The van der Waals surface area contributed by atoms with Crippen molar-refractivity contribution < 1.29 is 0 Å². The highest BCUT2D eigenvalue weighted by molar-refractivity contribution is 4.96. The van der Waals surface area contributed by atoms with E-state index >= 15 is 0 Å². The van der Waals surface area contributed by atoms with Crippen LogP contribution in [0.15, 0.2) is 11.6 Å². The minimum atomic E-state index is 1.22. The Bertz CT molecular complexity index is 144. The lowest BCUT2D eigenvalue weighted by Gasteiger charge is -2.00. The Morgan fingerprint density at radius 2 is 1.33 bits per heavy atom. The molecule has 0 N–H and O–H groups in total. The second-order valence-corrected chi connectivity index (χ2v) is 4.67. The summed E-state index contributed by atoms with van der Waals surface area (Å²) in [5.41, 5.74) is 1.55. The molecule has 0 heteroatoms. The zero-order valence-corrected chi connectivity index (χ0v) is 11.1. The summed E-state index contributed by atoms with van der Waals surface area (Å²) in [5, 5.41) is 0. The molecule has 0 fully saturated rings. The maximum atomic E-state index is 2.41. The van der Waals surface area contributed by atoms with Crippen molar-refractivity contribution in [2.75, 3.05) is 0 Å². The first-order valence-corrected chi connectivity index (χ1v) is 6.96. The van der Waals surface area contributed by atoms with E-state index in [4.69, 9.17) is 0 Å². The van der Waals surface area contributed by atoms with Gasteiger partial charge in [-0.1, -0.05) is 70.4 Å². The summed E-state index contributed by atoms with van der Waals surface area (Å²) in [4.78, 5) is 0. The van der Waals surface area contributed by atoms with Crippen LogP contribution in [0, 0.1) is 0 Å². The fraction of sp³-hybridized carbons (Fsp3) is 0.867. The van der Waals surface area contributed by atoms with E-state index in [1.54, 1.807) is 5.57 Å². The lowest BCUT2D eigenvalue weighted by atomic mass is 10.1. The number of rotatable bonds is 10. The summed E-state index contributed by atoms with van der Waals surface area (Å²) in [7, 11) is 0. The third-order valence-electron chi connectivity index (χ3n) is 3.11. The molecule has 0 aromatic carbocycles. The Labute approximate surface area is 97.2 Å². The quantitative estimate of drug-likeness (QED) is 0.312. The Morgan fingerprint density at radius 3 is 1.87 bits per heavy atom. The van der Waals surface area contributed by atoms with Crippen molar-refractivity contribution in [2.45, 2.75) is 85.0 Å². The maximum absolute atomic E-state index is 2.41. The van der Waals surface area contributed by atoms with Crippen molar-refractivity contribution in [1.82, 2.24) is 0 Å². The van der Waals surface area contributed by atoms with Crippen molar-refractivity contribution in [3.05, 3.63) is 11.6 Å². The van der Waals surface area contributed by atoms with Gasteiger partial charge < -0.3 is 0 Å². The number of hydrogen-bond acceptors (Lipinski definition) is 0. The molecule has 0 heterocycles. The fourth-order valence-corrected chi connectivity index (χ4v) is 1.77. The van der Waals surface area contributed by atoms with Crippen molar-refractivity contribution in [3.63, 3.8) is 0 Å². The zero-order chi connectivity index (χ0) is 11.4. The molecular weight excluding hydrogens is 180 g/mol. The molecule has 0 spiro atoms. The second-order valence-electron chi connectivity index (χ2n) is 4.67. The Hall–Kier alpha value is -0.260. The molecule has 0 atom stereocenters. The third-order valence-corrected chi connectivity index (χ3v) is 3.11. The van der Waals surface area contributed by atoms with Crippen LogP contribution in [0.3, 0.4) is 0 Å². The third kappa shape index (κ3) is 11.7. The fourth-order valence-electron chi connectivity index (χ4n) is 1.77. The minimum absolute atomic E-state index is 1.22. The minimum Gasteiger partial charge on any atom is -0.0856 e. The molecule has 0 aromatic heterocycles. The van der Waals surface area contributed by atoms with E-state index < -0.39 is 0 Å². The van der Waals surface area contributed by atoms with Crippen LogP contribution < -0.4 is 0 Å². The van der Waals surface area contributed by atoms with Crippen LogP contribution in [0.25, 0.3) is 0 Å². The molecule has 0 aliphatic heterocycles. The first kappa shape index (κ1) is 14.7. The normalized spacial score (nSPS) is 12.1. The molecule has 0 saturated heterocycles. The van der Waals surface area contributed by atoms with Gasteiger partial charge in [-0.2, -0.15) is 0 Å². The van der Waals surface area contributed by atoms with E-state index in [0.717, 1.165) is 0 Å². The molecule has 0 unspecified atom stereocenters. The summed E-state index contributed by atoms with van der Waals surface area (Å²) < 4.78 is 0. The van der Waals surface area contributed by atoms with Crippen LogP contribution >= 0.6 is 0 Å². The van der Waals surface area contributed by atoms with Crippen LogP contribution in [0.5, 0.6) is 0 Å². The van der Waals surface area contributed by atoms with E-state index in [0.29, 0.717) is 0 Å². The van der Waals surface area contributed by atoms with Gasteiger partial charge in [-0.15, -0.1) is 0 Å². The van der Waals surface area contributed by atoms with Crippen LogP contribution in [-0.2, 0) is 0 Å². The number of hydrogen-bond donors (Lipinski definition) is 0. The Kier molecular flexibility index (Phi) is 11.6. The van der Waals surface area contributed by atoms with Gasteiger partial charge in [0.05, 0.1) is 0 Å². The van der Waals surface area contributed by atoms with E-state index in [1.165, 1.54) is 64.2 Å². The smallest absolute Gasteiger partial charge is 0.0348 e. The molecule has 0 bridgehead atoms. The number of unbranched alkanes of at least 4 members (excludes halogenated alkanes) is 8. The Balaban J connectivity index is 3.05. The van der Waals surface area contributed by atoms with E-state index in [2.05, 4.69) is 26.8 Å². The molecular formula is C15H30. The summed E-state index contributed by atoms with van der Waals surface area (Å²) in [6.07, 6.45) is 16.4. The highest BCUT2D eigenvalue weighted by Gasteiger charge is 1.90. The lowest BCUT2D eigenvalue weighted by Crippen LogP contribution is -1.80. The van der Waals surface area contributed by atoms with E-state index in [-0.39, 0.29) is 0 Å². The maximum Gasteiger partial charge on any atom is -0.0348 e. The largest absolute Gasteiger partial charge is 0.0856 e. The second kappa shape index (κ2) is 11.8. The molecule has 15 heavy (non-hydrogen) atoms. The average Bonchev–Trinajstić information content (AvgIpc) is 2.26. The SMILES string of the molecule is CCCCCCCCCCC=C(C)CC. The molecule has 0 nitrogen and oxygen atoms in total. The molecule has 0 amide bonds. The van der Waals surface area contributed by atoms with Crippen molar-refractivity contribution in [3.8, 4) is 0 Å².